The number of rotatable bonds is 7. The minimum atomic E-state index is 0.0800. The Labute approximate surface area is 192 Å². The molecule has 6 fully saturated rings. The third kappa shape index (κ3) is 4.68. The number of nitrogens with zero attached hydrogens (tertiary/aromatic N) is 1. The molecule has 2 saturated heterocycles. The van der Waals surface area contributed by atoms with E-state index >= 15 is 0 Å². The summed E-state index contributed by atoms with van der Waals surface area (Å²) >= 11 is 5.72. The van der Waals surface area contributed by atoms with E-state index in [0.29, 0.717) is 12.1 Å². The van der Waals surface area contributed by atoms with Gasteiger partial charge in [0.05, 0.1) is 0 Å². The van der Waals surface area contributed by atoms with E-state index < -0.39 is 0 Å². The average molecular weight is 449 g/mol. The lowest BCUT2D eigenvalue weighted by atomic mass is 9.53. The van der Waals surface area contributed by atoms with Gasteiger partial charge in [-0.15, -0.1) is 0 Å². The van der Waals surface area contributed by atoms with E-state index in [2.05, 4.69) is 20.9 Å². The highest BCUT2D eigenvalue weighted by Gasteiger charge is 2.52. The van der Waals surface area contributed by atoms with Crippen molar-refractivity contribution in [3.05, 3.63) is 0 Å². The minimum absolute atomic E-state index is 0.0800. The van der Waals surface area contributed by atoms with Crippen molar-refractivity contribution in [3.63, 3.8) is 0 Å². The zero-order chi connectivity index (χ0) is 21.4. The molecule has 0 unspecified atom stereocenters. The number of carbonyl (C=O) groups is 1. The van der Waals surface area contributed by atoms with Crippen LogP contribution in [-0.2, 0) is 4.74 Å². The third-order valence-electron chi connectivity index (χ3n) is 8.67. The van der Waals surface area contributed by atoms with E-state index in [1.165, 1.54) is 51.4 Å². The summed E-state index contributed by atoms with van der Waals surface area (Å²) < 4.78 is 5.41. The molecule has 0 aromatic heterocycles. The lowest BCUT2D eigenvalue weighted by molar-refractivity contribution is -0.0138. The fourth-order valence-corrected chi connectivity index (χ4v) is 8.36. The molecule has 0 spiro atoms. The predicted molar refractivity (Wildman–Crippen MR) is 126 cm³/mol. The zero-order valence-electron chi connectivity index (χ0n) is 19.0. The van der Waals surface area contributed by atoms with Gasteiger partial charge in [-0.25, -0.2) is 4.79 Å². The van der Waals surface area contributed by atoms with Gasteiger partial charge in [0.2, 0.25) is 0 Å². The molecule has 174 valence electrons. The van der Waals surface area contributed by atoms with Crippen LogP contribution < -0.4 is 16.0 Å². The maximum absolute atomic E-state index is 13.0. The van der Waals surface area contributed by atoms with Crippen LogP contribution in [0, 0.1) is 17.8 Å². The molecule has 2 heterocycles. The number of ether oxygens (including phenoxy) is 1. The van der Waals surface area contributed by atoms with Gasteiger partial charge < -0.3 is 25.6 Å². The van der Waals surface area contributed by atoms with E-state index in [-0.39, 0.29) is 17.6 Å². The summed E-state index contributed by atoms with van der Waals surface area (Å²) in [5.41, 5.74) is 0.0888. The van der Waals surface area contributed by atoms with Crippen LogP contribution in [0.25, 0.3) is 0 Å². The van der Waals surface area contributed by atoms with E-state index in [1.54, 1.807) is 0 Å². The number of amides is 2. The Bertz CT molecular complexity index is 637. The highest BCUT2D eigenvalue weighted by molar-refractivity contribution is 7.80. The van der Waals surface area contributed by atoms with Gasteiger partial charge in [-0.2, -0.15) is 0 Å². The molecule has 0 aromatic carbocycles. The van der Waals surface area contributed by atoms with Gasteiger partial charge >= 0.3 is 6.03 Å². The summed E-state index contributed by atoms with van der Waals surface area (Å²) in [6, 6.07) is 1.26. The number of fused-ring (bicyclic) bond motifs is 2. The monoisotopic (exact) mass is 448 g/mol. The van der Waals surface area contributed by atoms with Gasteiger partial charge in [0, 0.05) is 43.4 Å². The molecule has 2 amide bonds. The Morgan fingerprint density at radius 1 is 1.03 bits per heavy atom. The van der Waals surface area contributed by atoms with Gasteiger partial charge in [-0.05, 0) is 108 Å². The van der Waals surface area contributed by atoms with E-state index in [1.807, 2.05) is 6.92 Å². The van der Waals surface area contributed by atoms with Crippen molar-refractivity contribution in [2.75, 3.05) is 19.8 Å². The largest absolute Gasteiger partial charge is 0.382 e. The normalized spacial score (nSPS) is 40.1. The molecule has 2 aliphatic heterocycles. The molecular formula is C24H40N4O2S. The smallest absolute Gasteiger partial charge is 0.315 e. The molecule has 0 radical (unpaired) electrons. The summed E-state index contributed by atoms with van der Waals surface area (Å²) in [5, 5.41) is 11.2. The van der Waals surface area contributed by atoms with Crippen LogP contribution in [0.2, 0.25) is 0 Å². The highest BCUT2D eigenvalue weighted by atomic mass is 32.1. The fourth-order valence-electron chi connectivity index (χ4n) is 7.96. The summed E-state index contributed by atoms with van der Waals surface area (Å²) in [4.78, 5) is 15.4. The second-order valence-electron chi connectivity index (χ2n) is 11.0. The van der Waals surface area contributed by atoms with Crippen LogP contribution in [0.4, 0.5) is 4.79 Å². The molecule has 6 rings (SSSR count). The number of piperidine rings is 1. The molecule has 6 nitrogen and oxygen atoms in total. The Hall–Kier alpha value is -1.08. The number of nitrogens with one attached hydrogen (secondary N) is 3. The van der Waals surface area contributed by atoms with Crippen LogP contribution in [0.15, 0.2) is 0 Å². The fraction of sp³-hybridized carbons (Fsp3) is 0.917. The first-order valence-electron chi connectivity index (χ1n) is 12.8. The van der Waals surface area contributed by atoms with Crippen LogP contribution in [0.3, 0.4) is 0 Å². The second-order valence-corrected chi connectivity index (χ2v) is 11.4. The van der Waals surface area contributed by atoms with E-state index in [9.17, 15) is 4.79 Å². The van der Waals surface area contributed by atoms with Crippen molar-refractivity contribution in [1.29, 1.82) is 0 Å². The average Bonchev–Trinajstić information content (AvgIpc) is 2.97. The number of urea groups is 1. The van der Waals surface area contributed by atoms with Gasteiger partial charge in [0.25, 0.3) is 0 Å². The molecule has 3 N–H and O–H groups in total. The summed E-state index contributed by atoms with van der Waals surface area (Å²) in [6.07, 6.45) is 13.2. The Morgan fingerprint density at radius 2 is 1.65 bits per heavy atom. The number of hydrogen-bond donors (Lipinski definition) is 3. The molecule has 4 aliphatic carbocycles. The SMILES string of the molecule is CCOCCCNC(=S)N1[C@@H]2CC[C@@H]1CC(NC(=O)NC13CC4CC(CC(C4)C1)C3)C2. The Kier molecular flexibility index (Phi) is 6.35. The first-order valence-corrected chi connectivity index (χ1v) is 13.2. The first-order chi connectivity index (χ1) is 15.0. The second kappa shape index (κ2) is 9.05. The molecule has 6 bridgehead atoms. The highest BCUT2D eigenvalue weighted by Crippen LogP contribution is 2.55. The predicted octanol–water partition coefficient (Wildman–Crippen LogP) is 3.55. The van der Waals surface area contributed by atoms with Crippen LogP contribution >= 0.6 is 12.2 Å². The molecule has 2 atom stereocenters. The van der Waals surface area contributed by atoms with Crippen LogP contribution in [0.5, 0.6) is 0 Å². The topological polar surface area (TPSA) is 65.6 Å². The van der Waals surface area contributed by atoms with Crippen molar-refractivity contribution in [2.45, 2.75) is 101 Å². The van der Waals surface area contributed by atoms with Crippen molar-refractivity contribution in [2.24, 2.45) is 17.8 Å². The van der Waals surface area contributed by atoms with Crippen LogP contribution in [-0.4, -0.2) is 59.5 Å². The van der Waals surface area contributed by atoms with Gasteiger partial charge in [0.15, 0.2) is 5.11 Å². The van der Waals surface area contributed by atoms with E-state index in [4.69, 9.17) is 17.0 Å². The standard InChI is InChI=1S/C24H40N4O2S/c1-2-30-7-3-6-25-23(31)28-20-4-5-21(28)12-19(11-20)26-22(29)27-24-13-16-8-17(14-24)10-18(9-16)15-24/h16-21H,2-15H2,1H3,(H,25,31)(H2,26,27,29)/t16?,17?,18?,20-,21-,24?/m1/s1. The summed E-state index contributed by atoms with van der Waals surface area (Å²) in [7, 11) is 0. The molecule has 0 aromatic rings. The maximum Gasteiger partial charge on any atom is 0.315 e. The zero-order valence-corrected chi connectivity index (χ0v) is 19.9. The van der Waals surface area contributed by atoms with Crippen molar-refractivity contribution in [1.82, 2.24) is 20.9 Å². The summed E-state index contributed by atoms with van der Waals surface area (Å²) in [5.74, 6) is 2.56. The van der Waals surface area contributed by atoms with E-state index in [0.717, 1.165) is 61.9 Å². The van der Waals surface area contributed by atoms with Gasteiger partial charge in [0.1, 0.15) is 0 Å². The van der Waals surface area contributed by atoms with Crippen molar-refractivity contribution < 1.29 is 9.53 Å². The molecule has 7 heteroatoms. The van der Waals surface area contributed by atoms with Gasteiger partial charge in [-0.1, -0.05) is 0 Å². The number of carbonyl (C=O) groups excluding carboxylic acids is 1. The molecular weight excluding hydrogens is 408 g/mol. The molecule has 6 aliphatic rings. The minimum Gasteiger partial charge on any atom is -0.382 e. The molecule has 4 saturated carbocycles. The van der Waals surface area contributed by atoms with Crippen molar-refractivity contribution in [3.8, 4) is 0 Å². The summed E-state index contributed by atoms with van der Waals surface area (Å²) in [6.45, 7) is 4.44. The third-order valence-corrected chi connectivity index (χ3v) is 9.02. The number of thiocarbonyl (C=S) groups is 1. The Balaban J connectivity index is 1.09. The number of hydrogen-bond acceptors (Lipinski definition) is 3. The van der Waals surface area contributed by atoms with Gasteiger partial charge in [-0.3, -0.25) is 0 Å². The molecule has 31 heavy (non-hydrogen) atoms. The maximum atomic E-state index is 13.0. The quantitative estimate of drug-likeness (QED) is 0.411. The van der Waals surface area contributed by atoms with Crippen molar-refractivity contribution >= 4 is 23.4 Å². The first kappa shape index (κ1) is 21.7. The van der Waals surface area contributed by atoms with Crippen LogP contribution in [0.1, 0.15) is 77.6 Å². The lowest BCUT2D eigenvalue weighted by Crippen LogP contribution is -2.63. The lowest BCUT2D eigenvalue weighted by Gasteiger charge is -2.56. The Morgan fingerprint density at radius 3 is 2.23 bits per heavy atom.